The molecule has 11 heteroatoms. The number of anilines is 2. The normalized spacial score (nSPS) is 10.9. The Morgan fingerprint density at radius 1 is 1.26 bits per heavy atom. The summed E-state index contributed by atoms with van der Waals surface area (Å²) in [5.74, 6) is -0.950. The lowest BCUT2D eigenvalue weighted by molar-refractivity contribution is -0.137. The highest BCUT2D eigenvalue weighted by molar-refractivity contribution is 8.00. The third-order valence-electron chi connectivity index (χ3n) is 3.52. The monoisotopic (exact) mass is 402 g/mol. The first-order chi connectivity index (χ1) is 12.7. The van der Waals surface area contributed by atoms with Crippen LogP contribution in [0, 0.1) is 5.92 Å². The predicted molar refractivity (Wildman–Crippen MR) is 104 cm³/mol. The largest absolute Gasteiger partial charge is 0.468 e. The molecule has 0 radical (unpaired) electrons. The molecule has 1 heterocycles. The Morgan fingerprint density at radius 2 is 1.93 bits per heavy atom. The number of rotatable bonds is 10. The molecular weight excluding hydrogens is 376 g/mol. The number of nitrogens with one attached hydrogen (secondary N) is 1. The van der Waals surface area contributed by atoms with Crippen molar-refractivity contribution in [2.75, 3.05) is 49.5 Å². The number of methoxy groups -OCH3 is 2. The highest BCUT2D eigenvalue weighted by Gasteiger charge is 2.24. The number of carbonyl (C=O) groups excluding carboxylic acids is 2. The van der Waals surface area contributed by atoms with Gasteiger partial charge in [-0.2, -0.15) is 0 Å². The number of nitrogens with zero attached hydrogens (tertiary/aromatic N) is 2. The molecule has 0 spiro atoms. The van der Waals surface area contributed by atoms with Crippen LogP contribution >= 0.6 is 11.8 Å². The van der Waals surface area contributed by atoms with Crippen LogP contribution < -0.4 is 21.9 Å². The summed E-state index contributed by atoms with van der Waals surface area (Å²) in [5, 5.41) is 0. The minimum absolute atomic E-state index is 0.000948. The zero-order valence-electron chi connectivity index (χ0n) is 15.9. The van der Waals surface area contributed by atoms with Crippen LogP contribution in [0.5, 0.6) is 0 Å². The molecule has 0 saturated heterocycles. The Balaban J connectivity index is 3.22. The Labute approximate surface area is 161 Å². The lowest BCUT2D eigenvalue weighted by atomic mass is 10.2. The van der Waals surface area contributed by atoms with E-state index in [1.807, 2.05) is 13.8 Å². The number of esters is 1. The second kappa shape index (κ2) is 10.8. The Morgan fingerprint density at radius 3 is 2.48 bits per heavy atom. The third kappa shape index (κ3) is 6.43. The molecule has 0 aliphatic heterocycles. The number of nitrogen functional groups attached to an aromatic ring is 1. The Bertz CT molecular complexity index is 773. The van der Waals surface area contributed by atoms with Gasteiger partial charge in [-0.1, -0.05) is 13.8 Å². The molecule has 1 amide bonds. The van der Waals surface area contributed by atoms with Crippen molar-refractivity contribution in [1.82, 2.24) is 9.55 Å². The predicted octanol–water partition coefficient (Wildman–Crippen LogP) is -0.340. The van der Waals surface area contributed by atoms with Crippen LogP contribution in [0.4, 0.5) is 11.5 Å². The van der Waals surface area contributed by atoms with Crippen LogP contribution in [0.3, 0.4) is 0 Å². The molecule has 0 aliphatic carbocycles. The van der Waals surface area contributed by atoms with E-state index in [9.17, 15) is 19.2 Å². The van der Waals surface area contributed by atoms with Crippen molar-refractivity contribution in [2.45, 2.75) is 20.4 Å². The van der Waals surface area contributed by atoms with Crippen LogP contribution in [0.15, 0.2) is 9.59 Å². The molecule has 0 atom stereocenters. The molecule has 1 aromatic rings. The van der Waals surface area contributed by atoms with Crippen molar-refractivity contribution in [1.29, 1.82) is 0 Å². The third-order valence-corrected chi connectivity index (χ3v) is 4.42. The van der Waals surface area contributed by atoms with Crippen LogP contribution in [0.1, 0.15) is 13.8 Å². The minimum Gasteiger partial charge on any atom is -0.468 e. The molecule has 152 valence electrons. The standard InChI is InChI=1S/C16H26N4O6S/c1-10(2)7-20-14(17)13(15(23)18-16(20)24)19(5-6-25-3)11(21)8-27-9-12(22)26-4/h10H,5-9,17H2,1-4H3,(H,18,23,24). The molecule has 3 N–H and O–H groups in total. The highest BCUT2D eigenvalue weighted by Crippen LogP contribution is 2.19. The van der Waals surface area contributed by atoms with Gasteiger partial charge in [0.15, 0.2) is 5.69 Å². The summed E-state index contributed by atoms with van der Waals surface area (Å²) in [6.45, 7) is 4.32. The molecule has 0 aliphatic rings. The number of nitrogens with two attached hydrogens (primary N) is 1. The quantitative estimate of drug-likeness (QED) is 0.507. The summed E-state index contributed by atoms with van der Waals surface area (Å²) in [5.41, 5.74) is 4.59. The number of aromatic amines is 1. The number of aromatic nitrogens is 2. The van der Waals surface area contributed by atoms with Gasteiger partial charge in [-0.3, -0.25) is 23.9 Å². The average molecular weight is 402 g/mol. The van der Waals surface area contributed by atoms with Crippen molar-refractivity contribution in [3.63, 3.8) is 0 Å². The van der Waals surface area contributed by atoms with Crippen molar-refractivity contribution in [3.8, 4) is 0 Å². The van der Waals surface area contributed by atoms with Crippen molar-refractivity contribution < 1.29 is 19.1 Å². The van der Waals surface area contributed by atoms with Gasteiger partial charge in [-0.05, 0) is 5.92 Å². The number of thioether (sulfide) groups is 1. The molecule has 1 aromatic heterocycles. The molecule has 1 rings (SSSR count). The van der Waals surface area contributed by atoms with Crippen LogP contribution in [-0.4, -0.2) is 60.3 Å². The fourth-order valence-electron chi connectivity index (χ4n) is 2.29. The zero-order chi connectivity index (χ0) is 20.6. The topological polar surface area (TPSA) is 137 Å². The number of hydrogen-bond donors (Lipinski definition) is 2. The Kier molecular flexibility index (Phi) is 9.09. The maximum Gasteiger partial charge on any atom is 0.330 e. The van der Waals surface area contributed by atoms with E-state index in [1.165, 1.54) is 23.7 Å². The minimum atomic E-state index is -0.750. The number of carbonyl (C=O) groups is 2. The smallest absolute Gasteiger partial charge is 0.330 e. The van der Waals surface area contributed by atoms with Gasteiger partial charge in [-0.15, -0.1) is 11.8 Å². The maximum absolute atomic E-state index is 12.6. The van der Waals surface area contributed by atoms with Gasteiger partial charge in [0.1, 0.15) is 5.82 Å². The van der Waals surface area contributed by atoms with Crippen LogP contribution in [0.25, 0.3) is 0 Å². The van der Waals surface area contributed by atoms with E-state index in [0.29, 0.717) is 0 Å². The molecule has 0 fully saturated rings. The van der Waals surface area contributed by atoms with Gasteiger partial charge in [0.05, 0.1) is 25.2 Å². The van der Waals surface area contributed by atoms with Crippen molar-refractivity contribution in [2.24, 2.45) is 5.92 Å². The van der Waals surface area contributed by atoms with Gasteiger partial charge >= 0.3 is 11.7 Å². The fraction of sp³-hybridized carbons (Fsp3) is 0.625. The van der Waals surface area contributed by atoms with Crippen LogP contribution in [0.2, 0.25) is 0 Å². The van der Waals surface area contributed by atoms with Gasteiger partial charge in [0.2, 0.25) is 5.91 Å². The maximum atomic E-state index is 12.6. The van der Waals surface area contributed by atoms with Gasteiger partial charge in [0, 0.05) is 20.2 Å². The van der Waals surface area contributed by atoms with E-state index < -0.39 is 23.1 Å². The summed E-state index contributed by atoms with van der Waals surface area (Å²) in [6.07, 6.45) is 0. The highest BCUT2D eigenvalue weighted by atomic mass is 32.2. The summed E-state index contributed by atoms with van der Waals surface area (Å²) in [4.78, 5) is 51.7. The first-order valence-corrected chi connectivity index (χ1v) is 9.44. The molecule has 0 saturated carbocycles. The van der Waals surface area contributed by atoms with Crippen molar-refractivity contribution >= 4 is 35.1 Å². The van der Waals surface area contributed by atoms with E-state index in [1.54, 1.807) is 0 Å². The lowest BCUT2D eigenvalue weighted by Crippen LogP contribution is -2.43. The van der Waals surface area contributed by atoms with E-state index >= 15 is 0 Å². The molecular formula is C16H26N4O6S. The second-order valence-corrected chi connectivity index (χ2v) is 7.09. The lowest BCUT2D eigenvalue weighted by Gasteiger charge is -2.24. The van der Waals surface area contributed by atoms with E-state index in [0.717, 1.165) is 11.8 Å². The first kappa shape index (κ1) is 22.8. The molecule has 10 nitrogen and oxygen atoms in total. The number of ether oxygens (including phenoxy) is 2. The summed E-state index contributed by atoms with van der Waals surface area (Å²) >= 11 is 1.05. The van der Waals surface area contributed by atoms with E-state index in [2.05, 4.69) is 9.72 Å². The number of hydrogen-bond acceptors (Lipinski definition) is 8. The van der Waals surface area contributed by atoms with Crippen LogP contribution in [-0.2, 0) is 25.6 Å². The summed E-state index contributed by atoms with van der Waals surface area (Å²) in [7, 11) is 2.72. The molecule has 0 aromatic carbocycles. The second-order valence-electron chi connectivity index (χ2n) is 6.10. The first-order valence-electron chi connectivity index (χ1n) is 8.29. The zero-order valence-corrected chi connectivity index (χ0v) is 16.8. The average Bonchev–Trinajstić information content (AvgIpc) is 2.60. The van der Waals surface area contributed by atoms with Gasteiger partial charge in [0.25, 0.3) is 5.56 Å². The number of H-pyrrole nitrogens is 1. The van der Waals surface area contributed by atoms with Crippen molar-refractivity contribution in [3.05, 3.63) is 20.8 Å². The SMILES string of the molecule is COCCN(C(=O)CSCC(=O)OC)c1c(N)n(CC(C)C)c(=O)[nH]c1=O. The summed E-state index contributed by atoms with van der Waals surface area (Å²) < 4.78 is 10.8. The Hall–Kier alpha value is -2.27. The fourth-order valence-corrected chi connectivity index (χ4v) is 3.00. The van der Waals surface area contributed by atoms with E-state index in [4.69, 9.17) is 10.5 Å². The van der Waals surface area contributed by atoms with E-state index in [-0.39, 0.29) is 48.6 Å². The molecule has 0 bridgehead atoms. The van der Waals surface area contributed by atoms with Gasteiger partial charge < -0.3 is 20.1 Å². The molecule has 27 heavy (non-hydrogen) atoms. The number of amides is 1. The summed E-state index contributed by atoms with van der Waals surface area (Å²) in [6, 6.07) is 0. The van der Waals surface area contributed by atoms with Gasteiger partial charge in [-0.25, -0.2) is 4.79 Å². The molecule has 0 unspecified atom stereocenters.